The molecule has 1 fully saturated rings. The molecule has 0 saturated heterocycles. The van der Waals surface area contributed by atoms with E-state index in [0.29, 0.717) is 0 Å². The molecule has 0 aromatic heterocycles. The van der Waals surface area contributed by atoms with Crippen LogP contribution in [0.1, 0.15) is 24.0 Å². The lowest BCUT2D eigenvalue weighted by Gasteiger charge is -2.34. The molecule has 0 spiro atoms. The van der Waals surface area contributed by atoms with Crippen molar-refractivity contribution >= 4 is 11.4 Å². The average molecular weight is 264 g/mol. The molecule has 0 bridgehead atoms. The molecule has 0 amide bonds. The molecule has 1 heterocycles. The number of fused-ring (bicyclic) bond motifs is 1. The van der Waals surface area contributed by atoms with Gasteiger partial charge in [-0.1, -0.05) is 30.3 Å². The maximum absolute atomic E-state index is 2.39. The molecular formula is C19H22N+. The predicted molar refractivity (Wildman–Crippen MR) is 85.2 cm³/mol. The number of rotatable bonds is 3. The second kappa shape index (κ2) is 4.46. The number of hydrogen-bond acceptors (Lipinski definition) is 0. The van der Waals surface area contributed by atoms with Crippen LogP contribution in [0.25, 0.3) is 0 Å². The van der Waals surface area contributed by atoms with Crippen LogP contribution in [0.4, 0.5) is 11.4 Å². The number of aryl methyl sites for hydroxylation is 1. The van der Waals surface area contributed by atoms with E-state index in [-0.39, 0.29) is 0 Å². The molecule has 1 nitrogen and oxygen atoms in total. The summed E-state index contributed by atoms with van der Waals surface area (Å²) in [6.07, 6.45) is 4.07. The highest BCUT2D eigenvalue weighted by Crippen LogP contribution is 2.46. The van der Waals surface area contributed by atoms with Gasteiger partial charge < -0.3 is 0 Å². The highest BCUT2D eigenvalue weighted by Gasteiger charge is 2.44. The van der Waals surface area contributed by atoms with Gasteiger partial charge in [-0.05, 0) is 37.5 Å². The van der Waals surface area contributed by atoms with Crippen LogP contribution in [0.2, 0.25) is 0 Å². The monoisotopic (exact) mass is 264 g/mol. The van der Waals surface area contributed by atoms with Crippen molar-refractivity contribution in [3.05, 3.63) is 59.7 Å². The maximum atomic E-state index is 2.39. The standard InChI is InChI=1S/C19H22N/c1-15-5-4-7-18(13-15)20(14-16-9-10-16)12-11-17-6-2-3-8-19(17)20/h2-8,13,16H,9-12,14H2,1H3/q+1. The lowest BCUT2D eigenvalue weighted by atomic mass is 10.1. The molecular weight excluding hydrogens is 242 g/mol. The van der Waals surface area contributed by atoms with Gasteiger partial charge in [-0.3, -0.25) is 4.48 Å². The zero-order valence-corrected chi connectivity index (χ0v) is 12.2. The topological polar surface area (TPSA) is 0 Å². The van der Waals surface area contributed by atoms with E-state index in [9.17, 15) is 0 Å². The van der Waals surface area contributed by atoms with Crippen molar-refractivity contribution in [2.45, 2.75) is 26.2 Å². The van der Waals surface area contributed by atoms with Crippen molar-refractivity contribution in [3.8, 4) is 0 Å². The Kier molecular flexibility index (Phi) is 2.71. The normalized spacial score (nSPS) is 24.6. The van der Waals surface area contributed by atoms with E-state index in [1.807, 2.05) is 0 Å². The van der Waals surface area contributed by atoms with Crippen LogP contribution >= 0.6 is 0 Å². The first-order valence-corrected chi connectivity index (χ1v) is 7.81. The van der Waals surface area contributed by atoms with E-state index in [1.165, 1.54) is 43.6 Å². The highest BCUT2D eigenvalue weighted by molar-refractivity contribution is 5.65. The molecule has 0 N–H and O–H groups in total. The molecule has 4 rings (SSSR count). The van der Waals surface area contributed by atoms with Crippen molar-refractivity contribution < 1.29 is 0 Å². The minimum Gasteiger partial charge on any atom is -0.258 e. The van der Waals surface area contributed by atoms with Crippen LogP contribution in [0.3, 0.4) is 0 Å². The van der Waals surface area contributed by atoms with Crippen molar-refractivity contribution in [2.24, 2.45) is 5.92 Å². The Morgan fingerprint density at radius 2 is 1.90 bits per heavy atom. The lowest BCUT2D eigenvalue weighted by molar-refractivity contribution is 0.392. The minimum atomic E-state index is 0.932. The molecule has 2 aliphatic rings. The molecule has 1 atom stereocenters. The van der Waals surface area contributed by atoms with Gasteiger partial charge in [0, 0.05) is 24.0 Å². The third kappa shape index (κ3) is 1.89. The van der Waals surface area contributed by atoms with Crippen LogP contribution in [0, 0.1) is 12.8 Å². The largest absolute Gasteiger partial charge is 0.258 e. The van der Waals surface area contributed by atoms with Crippen LogP contribution in [0.15, 0.2) is 48.5 Å². The molecule has 1 saturated carbocycles. The molecule has 102 valence electrons. The summed E-state index contributed by atoms with van der Waals surface area (Å²) in [6, 6.07) is 18.2. The summed E-state index contributed by atoms with van der Waals surface area (Å²) in [5.41, 5.74) is 5.96. The Morgan fingerprint density at radius 1 is 1.05 bits per heavy atom. The van der Waals surface area contributed by atoms with Gasteiger partial charge in [0.1, 0.15) is 11.4 Å². The van der Waals surface area contributed by atoms with Gasteiger partial charge in [-0.2, -0.15) is 0 Å². The van der Waals surface area contributed by atoms with Gasteiger partial charge in [-0.25, -0.2) is 0 Å². The summed E-state index contributed by atoms with van der Waals surface area (Å²) in [5.74, 6) is 0.932. The fraction of sp³-hybridized carbons (Fsp3) is 0.368. The Labute approximate surface area is 121 Å². The number of hydrogen-bond donors (Lipinski definition) is 0. The summed E-state index contributed by atoms with van der Waals surface area (Å²) in [5, 5.41) is 0. The molecule has 1 aliphatic heterocycles. The first-order chi connectivity index (χ1) is 9.78. The van der Waals surface area contributed by atoms with Gasteiger partial charge in [0.25, 0.3) is 0 Å². The quantitative estimate of drug-likeness (QED) is 0.711. The lowest BCUT2D eigenvalue weighted by Crippen LogP contribution is -2.44. The van der Waals surface area contributed by atoms with Crippen molar-refractivity contribution in [2.75, 3.05) is 13.1 Å². The van der Waals surface area contributed by atoms with Gasteiger partial charge >= 0.3 is 0 Å². The molecule has 1 heteroatoms. The third-order valence-corrected chi connectivity index (χ3v) is 4.98. The molecule has 20 heavy (non-hydrogen) atoms. The Balaban J connectivity index is 1.87. The van der Waals surface area contributed by atoms with E-state index in [0.717, 1.165) is 10.4 Å². The average Bonchev–Trinajstić information content (AvgIpc) is 3.20. The first-order valence-electron chi connectivity index (χ1n) is 7.81. The van der Waals surface area contributed by atoms with Crippen LogP contribution in [-0.2, 0) is 6.42 Å². The second-order valence-electron chi connectivity index (χ2n) is 6.54. The second-order valence-corrected chi connectivity index (χ2v) is 6.54. The summed E-state index contributed by atoms with van der Waals surface area (Å²) < 4.78 is 1.09. The predicted octanol–water partition coefficient (Wildman–Crippen LogP) is 4.60. The van der Waals surface area contributed by atoms with E-state index in [2.05, 4.69) is 55.5 Å². The Bertz CT molecular complexity index is 642. The SMILES string of the molecule is Cc1cccc([N+]2(CC3CC3)CCc3ccccc32)c1. The van der Waals surface area contributed by atoms with Crippen LogP contribution in [-0.4, -0.2) is 13.1 Å². The smallest absolute Gasteiger partial charge is 0.141 e. The number of quaternary nitrogens is 1. The molecule has 0 radical (unpaired) electrons. The van der Waals surface area contributed by atoms with E-state index < -0.39 is 0 Å². The number of para-hydroxylation sites is 1. The summed E-state index contributed by atoms with van der Waals surface area (Å²) in [7, 11) is 0. The van der Waals surface area contributed by atoms with Crippen LogP contribution in [0.5, 0.6) is 0 Å². The van der Waals surface area contributed by atoms with Gasteiger partial charge in [0.2, 0.25) is 0 Å². The number of benzene rings is 2. The van der Waals surface area contributed by atoms with Crippen LogP contribution < -0.4 is 4.48 Å². The first kappa shape index (κ1) is 12.2. The highest BCUT2D eigenvalue weighted by atomic mass is 15.4. The molecule has 1 aliphatic carbocycles. The fourth-order valence-corrected chi connectivity index (χ4v) is 3.77. The number of nitrogens with zero attached hydrogens (tertiary/aromatic N) is 1. The minimum absolute atomic E-state index is 0.932. The van der Waals surface area contributed by atoms with E-state index in [4.69, 9.17) is 0 Å². The zero-order valence-electron chi connectivity index (χ0n) is 12.2. The molecule has 1 unspecified atom stereocenters. The summed E-state index contributed by atoms with van der Waals surface area (Å²) >= 11 is 0. The third-order valence-electron chi connectivity index (χ3n) is 4.98. The summed E-state index contributed by atoms with van der Waals surface area (Å²) in [6.45, 7) is 4.73. The fourth-order valence-electron chi connectivity index (χ4n) is 3.77. The van der Waals surface area contributed by atoms with Gasteiger partial charge in [0.15, 0.2) is 0 Å². The van der Waals surface area contributed by atoms with Crippen molar-refractivity contribution in [1.29, 1.82) is 0 Å². The maximum Gasteiger partial charge on any atom is 0.141 e. The van der Waals surface area contributed by atoms with Crippen molar-refractivity contribution in [3.63, 3.8) is 0 Å². The van der Waals surface area contributed by atoms with Gasteiger partial charge in [0.05, 0.1) is 13.1 Å². The van der Waals surface area contributed by atoms with E-state index in [1.54, 1.807) is 11.3 Å². The molecule has 2 aromatic rings. The summed E-state index contributed by atoms with van der Waals surface area (Å²) in [4.78, 5) is 0. The van der Waals surface area contributed by atoms with E-state index >= 15 is 0 Å². The Morgan fingerprint density at radius 3 is 2.70 bits per heavy atom. The molecule has 2 aromatic carbocycles. The van der Waals surface area contributed by atoms with Crippen molar-refractivity contribution in [1.82, 2.24) is 4.48 Å². The Hall–Kier alpha value is -1.60. The van der Waals surface area contributed by atoms with Gasteiger partial charge in [-0.15, -0.1) is 0 Å². The zero-order chi connectivity index (χ0) is 13.6.